The minimum Gasteiger partial charge on any atom is -0.391 e. The second kappa shape index (κ2) is 19.0. The summed E-state index contributed by atoms with van der Waals surface area (Å²) in [4.78, 5) is 52.1. The standard InChI is InChI=1S/C32H58N6O5S/c1-18(2)12-25(27(39)13-21(7)30(41)36-29(20(5)6)32(43)33-16-19(3)4)35-31(42)26(17-44-11)34-28(40)15-24(10)38-23(9)14-22(8)37-38/h14,18-21,24-27,29,39H,12-13,15-17H2,1-11H3,(H,33,43)(H,34,40)(H,35,42)(H,36,41)/t21-,24?,25+,26+,27+,29+/m1/s1. The van der Waals surface area contributed by atoms with Crippen LogP contribution in [0.4, 0.5) is 0 Å². The van der Waals surface area contributed by atoms with Gasteiger partial charge in [0.1, 0.15) is 12.1 Å². The molecule has 0 aliphatic rings. The van der Waals surface area contributed by atoms with Crippen LogP contribution in [0.5, 0.6) is 0 Å². The molecule has 0 aliphatic heterocycles. The Hall–Kier alpha value is -2.60. The van der Waals surface area contributed by atoms with Gasteiger partial charge in [-0.25, -0.2) is 0 Å². The number of hydrogen-bond donors (Lipinski definition) is 5. The zero-order chi connectivity index (χ0) is 33.7. The average molecular weight is 639 g/mol. The molecule has 0 aliphatic carbocycles. The molecular weight excluding hydrogens is 580 g/mol. The highest BCUT2D eigenvalue weighted by Gasteiger charge is 2.31. The summed E-state index contributed by atoms with van der Waals surface area (Å²) in [6.45, 7) is 19.7. The Kier molecular flexibility index (Phi) is 17.1. The number of hydrogen-bond acceptors (Lipinski definition) is 7. The maximum absolute atomic E-state index is 13.4. The van der Waals surface area contributed by atoms with E-state index in [1.807, 2.05) is 79.3 Å². The number of thioether (sulfide) groups is 1. The van der Waals surface area contributed by atoms with E-state index in [0.717, 1.165) is 11.4 Å². The summed E-state index contributed by atoms with van der Waals surface area (Å²) in [7, 11) is 0. The summed E-state index contributed by atoms with van der Waals surface area (Å²) in [6.07, 6.45) is 1.60. The number of carbonyl (C=O) groups excluding carboxylic acids is 4. The fraction of sp³-hybridized carbons (Fsp3) is 0.781. The predicted octanol–water partition coefficient (Wildman–Crippen LogP) is 3.13. The number of aromatic nitrogens is 2. The molecule has 44 heavy (non-hydrogen) atoms. The zero-order valence-electron chi connectivity index (χ0n) is 28.7. The van der Waals surface area contributed by atoms with Crippen LogP contribution in [0.1, 0.15) is 92.1 Å². The van der Waals surface area contributed by atoms with Crippen molar-refractivity contribution in [2.75, 3.05) is 18.6 Å². The molecule has 0 spiro atoms. The lowest BCUT2D eigenvalue weighted by Crippen LogP contribution is -2.55. The maximum Gasteiger partial charge on any atom is 0.243 e. The summed E-state index contributed by atoms with van der Waals surface area (Å²) >= 11 is 1.44. The van der Waals surface area contributed by atoms with Crippen LogP contribution in [0.2, 0.25) is 0 Å². The van der Waals surface area contributed by atoms with Gasteiger partial charge in [0.15, 0.2) is 0 Å². The first kappa shape index (κ1) is 39.4. The number of amides is 4. The molecule has 4 amide bonds. The lowest BCUT2D eigenvalue weighted by atomic mass is 9.91. The molecule has 0 saturated heterocycles. The summed E-state index contributed by atoms with van der Waals surface area (Å²) in [5, 5.41) is 27.2. The summed E-state index contributed by atoms with van der Waals surface area (Å²) in [5.74, 6) is -1.12. The van der Waals surface area contributed by atoms with Gasteiger partial charge in [-0.15, -0.1) is 0 Å². The summed E-state index contributed by atoms with van der Waals surface area (Å²) in [5.41, 5.74) is 1.84. The number of carbonyl (C=O) groups is 4. The van der Waals surface area contributed by atoms with Gasteiger partial charge in [-0.1, -0.05) is 48.5 Å². The molecule has 1 aromatic heterocycles. The minimum absolute atomic E-state index is 0.0988. The van der Waals surface area contributed by atoms with Gasteiger partial charge in [-0.05, 0) is 63.7 Å². The van der Waals surface area contributed by atoms with Crippen molar-refractivity contribution in [1.29, 1.82) is 0 Å². The highest BCUT2D eigenvalue weighted by molar-refractivity contribution is 7.98. The Bertz CT molecular complexity index is 1080. The topological polar surface area (TPSA) is 154 Å². The first-order valence-corrected chi connectivity index (χ1v) is 17.2. The maximum atomic E-state index is 13.4. The van der Waals surface area contributed by atoms with E-state index in [9.17, 15) is 24.3 Å². The SMILES string of the molecule is CSC[C@H](NC(=O)CC(C)n1nc(C)cc1C)C(=O)N[C@@H](CC(C)C)[C@@H](O)C[C@@H](C)C(=O)N[C@H](C(=O)NCC(C)C)C(C)C. The van der Waals surface area contributed by atoms with Crippen LogP contribution in [-0.4, -0.2) is 81.3 Å². The first-order chi connectivity index (χ1) is 20.5. The van der Waals surface area contributed by atoms with E-state index in [1.165, 1.54) is 11.8 Å². The number of nitrogens with one attached hydrogen (secondary N) is 4. The molecule has 0 saturated carbocycles. The van der Waals surface area contributed by atoms with Gasteiger partial charge in [0.2, 0.25) is 23.6 Å². The largest absolute Gasteiger partial charge is 0.391 e. The van der Waals surface area contributed by atoms with Crippen molar-refractivity contribution in [2.45, 2.75) is 119 Å². The second-order valence-electron chi connectivity index (χ2n) is 13.3. The van der Waals surface area contributed by atoms with Crippen LogP contribution in [0.25, 0.3) is 0 Å². The quantitative estimate of drug-likeness (QED) is 0.156. The zero-order valence-corrected chi connectivity index (χ0v) is 29.5. The van der Waals surface area contributed by atoms with Gasteiger partial charge in [-0.3, -0.25) is 23.9 Å². The third-order valence-electron chi connectivity index (χ3n) is 7.42. The Morgan fingerprint density at radius 2 is 1.52 bits per heavy atom. The monoisotopic (exact) mass is 638 g/mol. The molecule has 0 bridgehead atoms. The van der Waals surface area contributed by atoms with E-state index in [0.29, 0.717) is 18.7 Å². The van der Waals surface area contributed by atoms with Crippen LogP contribution in [-0.2, 0) is 19.2 Å². The molecule has 1 aromatic rings. The smallest absolute Gasteiger partial charge is 0.243 e. The van der Waals surface area contributed by atoms with Gasteiger partial charge in [0, 0.05) is 30.3 Å². The van der Waals surface area contributed by atoms with Gasteiger partial charge < -0.3 is 26.4 Å². The van der Waals surface area contributed by atoms with E-state index < -0.39 is 30.1 Å². The van der Waals surface area contributed by atoms with E-state index in [4.69, 9.17) is 0 Å². The van der Waals surface area contributed by atoms with E-state index in [2.05, 4.69) is 26.4 Å². The number of aliphatic hydroxyl groups excluding tert-OH is 1. The van der Waals surface area contributed by atoms with Crippen molar-refractivity contribution in [3.8, 4) is 0 Å². The first-order valence-electron chi connectivity index (χ1n) is 15.8. The van der Waals surface area contributed by atoms with Crippen molar-refractivity contribution < 1.29 is 24.3 Å². The predicted molar refractivity (Wildman–Crippen MR) is 177 cm³/mol. The van der Waals surface area contributed by atoms with Gasteiger partial charge in [-0.2, -0.15) is 16.9 Å². The van der Waals surface area contributed by atoms with Crippen LogP contribution >= 0.6 is 11.8 Å². The summed E-state index contributed by atoms with van der Waals surface area (Å²) in [6, 6.07) is -0.323. The second-order valence-corrected chi connectivity index (χ2v) is 14.2. The molecule has 252 valence electrons. The number of aryl methyl sites for hydroxylation is 2. The average Bonchev–Trinajstić information content (AvgIpc) is 3.26. The van der Waals surface area contributed by atoms with Crippen LogP contribution < -0.4 is 21.3 Å². The third-order valence-corrected chi connectivity index (χ3v) is 8.09. The highest BCUT2D eigenvalue weighted by Crippen LogP contribution is 2.18. The van der Waals surface area contributed by atoms with E-state index in [-0.39, 0.29) is 60.3 Å². The molecule has 1 heterocycles. The van der Waals surface area contributed by atoms with Crippen molar-refractivity contribution in [3.05, 3.63) is 17.5 Å². The van der Waals surface area contributed by atoms with Crippen molar-refractivity contribution in [3.63, 3.8) is 0 Å². The molecule has 0 fully saturated rings. The highest BCUT2D eigenvalue weighted by atomic mass is 32.2. The lowest BCUT2D eigenvalue weighted by Gasteiger charge is -2.30. The molecule has 6 atom stereocenters. The van der Waals surface area contributed by atoms with Crippen molar-refractivity contribution in [2.24, 2.45) is 23.7 Å². The molecule has 12 heteroatoms. The number of nitrogens with zero attached hydrogens (tertiary/aromatic N) is 2. The third kappa shape index (κ3) is 13.6. The van der Waals surface area contributed by atoms with Crippen molar-refractivity contribution >= 4 is 35.4 Å². The summed E-state index contributed by atoms with van der Waals surface area (Å²) < 4.78 is 1.81. The molecule has 0 radical (unpaired) electrons. The Labute approximate surface area is 268 Å². The Morgan fingerprint density at radius 1 is 0.886 bits per heavy atom. The van der Waals surface area contributed by atoms with Crippen LogP contribution in [0.3, 0.4) is 0 Å². The van der Waals surface area contributed by atoms with E-state index >= 15 is 0 Å². The molecule has 11 nitrogen and oxygen atoms in total. The fourth-order valence-electron chi connectivity index (χ4n) is 5.03. The number of rotatable bonds is 19. The fourth-order valence-corrected chi connectivity index (χ4v) is 5.60. The molecule has 1 unspecified atom stereocenters. The molecule has 5 N–H and O–H groups in total. The molecular formula is C32H58N6O5S. The Balaban J connectivity index is 2.89. The molecule has 1 rings (SSSR count). The van der Waals surface area contributed by atoms with Gasteiger partial charge in [0.25, 0.3) is 0 Å². The minimum atomic E-state index is -1.01. The number of aliphatic hydroxyl groups is 1. The Morgan fingerprint density at radius 3 is 2.02 bits per heavy atom. The molecule has 0 aromatic carbocycles. The van der Waals surface area contributed by atoms with Gasteiger partial charge >= 0.3 is 0 Å². The van der Waals surface area contributed by atoms with Crippen LogP contribution in [0, 0.1) is 37.5 Å². The van der Waals surface area contributed by atoms with Crippen molar-refractivity contribution in [1.82, 2.24) is 31.0 Å². The lowest BCUT2D eigenvalue weighted by molar-refractivity contribution is -0.132. The van der Waals surface area contributed by atoms with Crippen LogP contribution in [0.15, 0.2) is 6.07 Å². The normalized spacial score (nSPS) is 15.8. The van der Waals surface area contributed by atoms with E-state index in [1.54, 1.807) is 6.92 Å². The van der Waals surface area contributed by atoms with Gasteiger partial charge in [0.05, 0.1) is 23.9 Å².